The van der Waals surface area contributed by atoms with Gasteiger partial charge in [0, 0.05) is 23.7 Å². The fourth-order valence-electron chi connectivity index (χ4n) is 2.96. The molecule has 0 bridgehead atoms. The Morgan fingerprint density at radius 3 is 2.27 bits per heavy atom. The third-order valence-corrected chi connectivity index (χ3v) is 6.25. The van der Waals surface area contributed by atoms with Gasteiger partial charge in [0.15, 0.2) is 5.00 Å². The first-order chi connectivity index (χ1) is 14.5. The van der Waals surface area contributed by atoms with Gasteiger partial charge in [-0.3, -0.25) is 0 Å². The van der Waals surface area contributed by atoms with E-state index in [1.54, 1.807) is 0 Å². The Morgan fingerprint density at radius 1 is 1.00 bits per heavy atom. The molecule has 0 saturated carbocycles. The molecule has 0 aliphatic heterocycles. The third kappa shape index (κ3) is 5.15. The van der Waals surface area contributed by atoms with E-state index in [0.717, 1.165) is 34.9 Å². The number of benzene rings is 2. The minimum atomic E-state index is 0.355. The van der Waals surface area contributed by atoms with Gasteiger partial charge in [0.1, 0.15) is 11.6 Å². The standard InChI is InChI=1S/C24H23ClN4S/c1-4-29(5-2)20-13-11-19(12-14-20)27-28-24-21(16-26)23(25)22(30-24)15-10-18-8-6-17(3)7-9-18/h6-15H,4-5H2,1-3H3/b15-10+,28-27?. The van der Waals surface area contributed by atoms with Crippen molar-refractivity contribution in [1.29, 1.82) is 5.26 Å². The first-order valence-electron chi connectivity index (χ1n) is 9.79. The summed E-state index contributed by atoms with van der Waals surface area (Å²) >= 11 is 7.78. The molecule has 4 nitrogen and oxygen atoms in total. The molecule has 3 aromatic rings. The van der Waals surface area contributed by atoms with Gasteiger partial charge in [-0.05, 0) is 56.7 Å². The second-order valence-corrected chi connectivity index (χ2v) is 8.11. The van der Waals surface area contributed by atoms with Crippen molar-refractivity contribution >= 4 is 51.5 Å². The number of thiophene rings is 1. The summed E-state index contributed by atoms with van der Waals surface area (Å²) in [5, 5.41) is 19.0. The fourth-order valence-corrected chi connectivity index (χ4v) is 4.20. The maximum atomic E-state index is 9.52. The lowest BCUT2D eigenvalue weighted by molar-refractivity contribution is 0.866. The van der Waals surface area contributed by atoms with Gasteiger partial charge in [-0.25, -0.2) is 0 Å². The van der Waals surface area contributed by atoms with E-state index in [1.165, 1.54) is 16.9 Å². The normalized spacial score (nSPS) is 11.3. The van der Waals surface area contributed by atoms with E-state index in [9.17, 15) is 5.26 Å². The van der Waals surface area contributed by atoms with E-state index < -0.39 is 0 Å². The highest BCUT2D eigenvalue weighted by Crippen LogP contribution is 2.40. The molecule has 0 fully saturated rings. The lowest BCUT2D eigenvalue weighted by Gasteiger charge is -2.20. The average Bonchev–Trinajstić information content (AvgIpc) is 3.08. The van der Waals surface area contributed by atoms with E-state index in [1.807, 2.05) is 48.6 Å². The maximum Gasteiger partial charge on any atom is 0.158 e. The van der Waals surface area contributed by atoms with Gasteiger partial charge >= 0.3 is 0 Å². The molecule has 0 aliphatic carbocycles. The van der Waals surface area contributed by atoms with Crippen molar-refractivity contribution in [2.45, 2.75) is 20.8 Å². The monoisotopic (exact) mass is 434 g/mol. The molecule has 0 unspecified atom stereocenters. The van der Waals surface area contributed by atoms with E-state index >= 15 is 0 Å². The molecule has 152 valence electrons. The van der Waals surface area contributed by atoms with Crippen LogP contribution < -0.4 is 4.90 Å². The smallest absolute Gasteiger partial charge is 0.158 e. The second-order valence-electron chi connectivity index (χ2n) is 6.70. The number of halogens is 1. The van der Waals surface area contributed by atoms with Gasteiger partial charge in [-0.15, -0.1) is 21.6 Å². The summed E-state index contributed by atoms with van der Waals surface area (Å²) in [6.07, 6.45) is 3.89. The van der Waals surface area contributed by atoms with Gasteiger partial charge in [0.05, 0.1) is 10.7 Å². The van der Waals surface area contributed by atoms with Crippen LogP contribution in [-0.4, -0.2) is 13.1 Å². The highest BCUT2D eigenvalue weighted by Gasteiger charge is 2.15. The van der Waals surface area contributed by atoms with Crippen LogP contribution >= 0.6 is 22.9 Å². The van der Waals surface area contributed by atoms with Crippen LogP contribution in [0.3, 0.4) is 0 Å². The zero-order valence-electron chi connectivity index (χ0n) is 17.3. The highest BCUT2D eigenvalue weighted by molar-refractivity contribution is 7.17. The molecule has 6 heteroatoms. The number of azo groups is 1. The molecule has 0 radical (unpaired) electrons. The van der Waals surface area contributed by atoms with Crippen LogP contribution in [0.25, 0.3) is 12.2 Å². The summed E-state index contributed by atoms with van der Waals surface area (Å²) in [5.41, 5.74) is 4.52. The van der Waals surface area contributed by atoms with Gasteiger partial charge < -0.3 is 4.90 Å². The lowest BCUT2D eigenvalue weighted by Crippen LogP contribution is -2.21. The summed E-state index contributed by atoms with van der Waals surface area (Å²) in [7, 11) is 0. The first-order valence-corrected chi connectivity index (χ1v) is 11.0. The van der Waals surface area contributed by atoms with Crippen molar-refractivity contribution in [3.05, 3.63) is 75.1 Å². The van der Waals surface area contributed by atoms with E-state index in [2.05, 4.69) is 54.1 Å². The molecular formula is C24H23ClN4S. The second kappa shape index (κ2) is 10.2. The van der Waals surface area contributed by atoms with Crippen LogP contribution in [0.1, 0.15) is 35.4 Å². The minimum absolute atomic E-state index is 0.355. The summed E-state index contributed by atoms with van der Waals surface area (Å²) in [6, 6.07) is 18.3. The molecule has 0 amide bonds. The molecule has 0 saturated heterocycles. The number of anilines is 1. The summed E-state index contributed by atoms with van der Waals surface area (Å²) < 4.78 is 0. The van der Waals surface area contributed by atoms with Gasteiger partial charge in [0.2, 0.25) is 0 Å². The lowest BCUT2D eigenvalue weighted by atomic mass is 10.1. The number of hydrogen-bond acceptors (Lipinski definition) is 5. The van der Waals surface area contributed by atoms with E-state index in [0.29, 0.717) is 15.6 Å². The van der Waals surface area contributed by atoms with Gasteiger partial charge in [-0.2, -0.15) is 5.26 Å². The topological polar surface area (TPSA) is 51.8 Å². The van der Waals surface area contributed by atoms with Crippen LogP contribution in [0.2, 0.25) is 5.02 Å². The van der Waals surface area contributed by atoms with Crippen molar-refractivity contribution in [3.8, 4) is 6.07 Å². The Morgan fingerprint density at radius 2 is 1.67 bits per heavy atom. The zero-order chi connectivity index (χ0) is 21.5. The Hall–Kier alpha value is -2.94. The molecule has 1 heterocycles. The minimum Gasteiger partial charge on any atom is -0.372 e. The average molecular weight is 435 g/mol. The maximum absolute atomic E-state index is 9.52. The summed E-state index contributed by atoms with van der Waals surface area (Å²) in [6.45, 7) is 8.22. The number of nitrogens with zero attached hydrogens (tertiary/aromatic N) is 4. The molecule has 0 atom stereocenters. The molecule has 3 rings (SSSR count). The Balaban J connectivity index is 1.81. The molecule has 30 heavy (non-hydrogen) atoms. The molecule has 2 aromatic carbocycles. The van der Waals surface area contributed by atoms with Crippen molar-refractivity contribution in [3.63, 3.8) is 0 Å². The van der Waals surface area contributed by atoms with E-state index in [4.69, 9.17) is 11.6 Å². The van der Waals surface area contributed by atoms with Crippen molar-refractivity contribution in [2.75, 3.05) is 18.0 Å². The van der Waals surface area contributed by atoms with Crippen LogP contribution in [0.5, 0.6) is 0 Å². The predicted molar refractivity (Wildman–Crippen MR) is 128 cm³/mol. The number of rotatable bonds is 7. The predicted octanol–water partition coefficient (Wildman–Crippen LogP) is 8.01. The van der Waals surface area contributed by atoms with Crippen LogP contribution in [0, 0.1) is 18.3 Å². The van der Waals surface area contributed by atoms with Crippen molar-refractivity contribution in [2.24, 2.45) is 10.2 Å². The highest BCUT2D eigenvalue weighted by atomic mass is 35.5. The Bertz CT molecular complexity index is 1090. The van der Waals surface area contributed by atoms with Crippen LogP contribution in [0.4, 0.5) is 16.4 Å². The van der Waals surface area contributed by atoms with Crippen molar-refractivity contribution < 1.29 is 0 Å². The van der Waals surface area contributed by atoms with Crippen LogP contribution in [0.15, 0.2) is 58.8 Å². The third-order valence-electron chi connectivity index (χ3n) is 4.71. The van der Waals surface area contributed by atoms with Gasteiger partial charge in [0.25, 0.3) is 0 Å². The molecule has 0 aliphatic rings. The SMILES string of the molecule is CCN(CC)c1ccc(N=Nc2sc(/C=C/c3ccc(C)cc3)c(Cl)c2C#N)cc1. The molecular weight excluding hydrogens is 412 g/mol. The number of aryl methyl sites for hydroxylation is 1. The Labute approximate surface area is 186 Å². The quantitative estimate of drug-likeness (QED) is 0.353. The first kappa shape index (κ1) is 21.8. The van der Waals surface area contributed by atoms with Crippen LogP contribution in [-0.2, 0) is 0 Å². The molecule has 1 aromatic heterocycles. The number of nitriles is 1. The summed E-state index contributed by atoms with van der Waals surface area (Å²) in [4.78, 5) is 3.06. The van der Waals surface area contributed by atoms with Gasteiger partial charge in [-0.1, -0.05) is 47.5 Å². The largest absolute Gasteiger partial charge is 0.372 e. The molecule has 0 spiro atoms. The number of hydrogen-bond donors (Lipinski definition) is 0. The summed E-state index contributed by atoms with van der Waals surface area (Å²) in [5.74, 6) is 0. The Kier molecular flexibility index (Phi) is 7.40. The fraction of sp³-hybridized carbons (Fsp3) is 0.208. The molecule has 0 N–H and O–H groups in total. The van der Waals surface area contributed by atoms with Crippen molar-refractivity contribution in [1.82, 2.24) is 0 Å². The zero-order valence-corrected chi connectivity index (χ0v) is 18.8. The van der Waals surface area contributed by atoms with E-state index in [-0.39, 0.29) is 0 Å².